The number of nitrogens with zero attached hydrogens (tertiary/aromatic N) is 6. The molecule has 0 aliphatic heterocycles. The maximum Gasteiger partial charge on any atom is 0.328 e. The van der Waals surface area contributed by atoms with E-state index in [9.17, 15) is 10.5 Å². The molecule has 440 valence electrons. The minimum atomic E-state index is -0.613. The molecule has 4 heterocycles. The third kappa shape index (κ3) is 12.5. The van der Waals surface area contributed by atoms with Crippen molar-refractivity contribution in [3.8, 4) is 46.2 Å². The molecule has 89 heavy (non-hydrogen) atoms. The van der Waals surface area contributed by atoms with E-state index < -0.39 is 13.7 Å². The van der Waals surface area contributed by atoms with E-state index >= 15 is 0 Å². The predicted molar refractivity (Wildman–Crippen MR) is 363 cm³/mol. The second-order valence-corrected chi connectivity index (χ2v) is 24.0. The Bertz CT molecular complexity index is 4490. The van der Waals surface area contributed by atoms with E-state index in [1.54, 1.807) is 0 Å². The fourth-order valence-corrected chi connectivity index (χ4v) is 12.5. The molecule has 12 aromatic rings. The summed E-state index contributed by atoms with van der Waals surface area (Å²) in [6, 6.07) is 75.4. The second kappa shape index (κ2) is 26.9. The van der Waals surface area contributed by atoms with Gasteiger partial charge in [0.05, 0.1) is 23.9 Å². The summed E-state index contributed by atoms with van der Waals surface area (Å²) < 4.78 is 31.9. The van der Waals surface area contributed by atoms with E-state index in [0.29, 0.717) is 85.7 Å². The molecule has 8 aromatic carbocycles. The summed E-state index contributed by atoms with van der Waals surface area (Å²) in [6.07, 6.45) is 8.45. The van der Waals surface area contributed by atoms with Crippen LogP contribution >= 0.6 is 0 Å². The van der Waals surface area contributed by atoms with Crippen molar-refractivity contribution < 1.29 is 18.3 Å². The first kappa shape index (κ1) is 59.3. The molecule has 0 aliphatic rings. The van der Waals surface area contributed by atoms with Crippen LogP contribution in [0.25, 0.3) is 66.6 Å². The number of unbranched alkanes of at least 4 members (excludes halogenated alkanes) is 5. The Labute approximate surface area is 522 Å². The van der Waals surface area contributed by atoms with Crippen LogP contribution in [0.5, 0.6) is 11.5 Å². The highest BCUT2D eigenvalue weighted by Gasteiger charge is 2.38. The summed E-state index contributed by atoms with van der Waals surface area (Å²) >= 11 is 0. The Hall–Kier alpha value is -10.0. The molecule has 0 radical (unpaired) electrons. The number of rotatable bonds is 23. The maximum absolute atomic E-state index is 12.5. The fourth-order valence-electron chi connectivity index (χ4n) is 12.5. The predicted octanol–water partition coefficient (Wildman–Crippen LogP) is 14.2. The Morgan fingerprint density at radius 1 is 0.483 bits per heavy atom. The molecule has 0 aliphatic carbocycles. The van der Waals surface area contributed by atoms with Crippen molar-refractivity contribution in [1.29, 1.82) is 10.5 Å². The monoisotopic (exact) mass is 1170 g/mol. The molecule has 0 saturated carbocycles. The zero-order valence-electron chi connectivity index (χ0n) is 51.6. The highest BCUT2D eigenvalue weighted by Crippen LogP contribution is 2.39. The Morgan fingerprint density at radius 2 is 0.888 bits per heavy atom. The lowest BCUT2D eigenvalue weighted by Crippen LogP contribution is -2.54. The molecule has 10 nitrogen and oxygen atoms in total. The van der Waals surface area contributed by atoms with Gasteiger partial charge in [-0.15, -0.1) is 0 Å². The highest BCUT2D eigenvalue weighted by molar-refractivity contribution is 6.85. The largest absolute Gasteiger partial charge is 0.493 e. The zero-order valence-corrected chi connectivity index (χ0v) is 51.6. The summed E-state index contributed by atoms with van der Waals surface area (Å²) in [7, 11) is 0. The normalized spacial score (nSPS) is 12.5. The van der Waals surface area contributed by atoms with Crippen molar-refractivity contribution in [2.45, 2.75) is 86.5 Å². The summed E-state index contributed by atoms with van der Waals surface area (Å²) in [5.41, 5.74) is 11.5. The first-order chi connectivity index (χ1) is 43.6. The lowest BCUT2D eigenvalue weighted by Gasteiger charge is -2.24. The molecule has 12 heteroatoms. The number of aromatic nitrogens is 4. The molecule has 0 fully saturated rings. The van der Waals surface area contributed by atoms with Crippen LogP contribution < -0.4 is 42.0 Å². The number of hydrogen-bond donors (Lipinski definition) is 0. The van der Waals surface area contributed by atoms with E-state index in [1.165, 1.54) is 32.1 Å². The lowest BCUT2D eigenvalue weighted by atomic mass is 9.50. The van der Waals surface area contributed by atoms with Gasteiger partial charge in [0.25, 0.3) is 0 Å². The minimum Gasteiger partial charge on any atom is -0.493 e. The van der Waals surface area contributed by atoms with Crippen LogP contribution in [0.3, 0.4) is 0 Å². The van der Waals surface area contributed by atoms with Gasteiger partial charge in [0, 0.05) is 33.3 Å². The van der Waals surface area contributed by atoms with E-state index in [1.807, 2.05) is 98.8 Å². The summed E-state index contributed by atoms with van der Waals surface area (Å²) in [5.74, 6) is 2.19. The van der Waals surface area contributed by atoms with Gasteiger partial charge in [-0.2, -0.15) is 10.5 Å². The molecule has 0 saturated heterocycles. The number of benzene rings is 8. The average molecular weight is 1170 g/mol. The van der Waals surface area contributed by atoms with E-state index in [0.717, 1.165) is 56.9 Å². The van der Waals surface area contributed by atoms with Crippen LogP contribution in [0.2, 0.25) is 0 Å². The fraction of sp³-hybridized carbons (Fsp3) is 0.221. The molecular weight excluding hydrogens is 1090 g/mol. The van der Waals surface area contributed by atoms with Crippen molar-refractivity contribution in [3.63, 3.8) is 0 Å². The van der Waals surface area contributed by atoms with Crippen molar-refractivity contribution in [3.05, 3.63) is 240 Å². The van der Waals surface area contributed by atoms with Crippen molar-refractivity contribution in [2.75, 3.05) is 13.2 Å². The van der Waals surface area contributed by atoms with Crippen LogP contribution in [-0.2, 0) is 0 Å². The van der Waals surface area contributed by atoms with Gasteiger partial charge < -0.3 is 27.3 Å². The number of nitriles is 2. The minimum absolute atomic E-state index is 0.146. The molecule has 1 unspecified atom stereocenters. The summed E-state index contributed by atoms with van der Waals surface area (Å²) in [6.45, 7) is 12.6. The lowest BCUT2D eigenvalue weighted by molar-refractivity contribution is 0.249. The van der Waals surface area contributed by atoms with Gasteiger partial charge in [0.2, 0.25) is 11.8 Å². The summed E-state index contributed by atoms with van der Waals surface area (Å²) in [5, 5.41) is 27.3. The van der Waals surface area contributed by atoms with Crippen molar-refractivity contribution >= 4 is 79.7 Å². The molecule has 0 N–H and O–H groups in total. The number of hydrogen-bond acceptors (Lipinski definition) is 8. The molecule has 0 amide bonds. The maximum atomic E-state index is 12.5. The van der Waals surface area contributed by atoms with Crippen LogP contribution in [0, 0.1) is 48.3 Å². The third-order valence-electron chi connectivity index (χ3n) is 16.7. The molecule has 12 rings (SSSR count). The van der Waals surface area contributed by atoms with E-state index in [4.69, 9.17) is 28.3 Å². The zero-order chi connectivity index (χ0) is 61.4. The van der Waals surface area contributed by atoms with Gasteiger partial charge in [0.15, 0.2) is 11.2 Å². The van der Waals surface area contributed by atoms with Crippen LogP contribution in [0.4, 0.5) is 0 Å². The molecule has 4 aromatic heterocycles. The smallest absolute Gasteiger partial charge is 0.328 e. The standard InChI is InChI=1S/C77H72B2N6O4/c1-7-8-9-10-11-16-27-55(6)51-87-63-39-26-29-57(47-63)73-71-70(74(64(48-80)76-82-66-44-53(4)40-42-68(66)88-76)85(73)79(60-34-21-14-22-35-60)61-36-23-15-24-37-61)72(56-28-25-38-62(46-56)86-50-52(2)3)84(78(58-30-17-12-18-31-58)59-32-19-13-20-33-59)75(71)65(49-81)77-83-67-45-54(5)41-43-69(67)89-77/h12-15,17-26,28-47,52,55H,7-11,16,27,50-51H2,1-6H3/b74-64-,75-65-. The molecule has 0 bridgehead atoms. The van der Waals surface area contributed by atoms with Gasteiger partial charge >= 0.3 is 13.7 Å². The molecule has 0 spiro atoms. The first-order valence-electron chi connectivity index (χ1n) is 31.4. The number of aryl methyl sites for hydroxylation is 2. The van der Waals surface area contributed by atoms with Gasteiger partial charge in [-0.25, -0.2) is 9.97 Å². The second-order valence-electron chi connectivity index (χ2n) is 24.0. The number of ether oxygens (including phenoxy) is 2. The quantitative estimate of drug-likeness (QED) is 0.0458. The van der Waals surface area contributed by atoms with E-state index in [-0.39, 0.29) is 28.8 Å². The Morgan fingerprint density at radius 3 is 1.29 bits per heavy atom. The number of oxazole rings is 2. The Balaban J connectivity index is 1.34. The molecule has 1 atom stereocenters. The summed E-state index contributed by atoms with van der Waals surface area (Å²) in [4.78, 5) is 10.5. The van der Waals surface area contributed by atoms with Crippen LogP contribution in [0.15, 0.2) is 215 Å². The van der Waals surface area contributed by atoms with Gasteiger partial charge in [-0.05, 0) is 91.8 Å². The van der Waals surface area contributed by atoms with E-state index in [2.05, 4.69) is 170 Å². The van der Waals surface area contributed by atoms with Gasteiger partial charge in [0.1, 0.15) is 45.8 Å². The van der Waals surface area contributed by atoms with Crippen LogP contribution in [0.1, 0.15) is 95.5 Å². The van der Waals surface area contributed by atoms with Gasteiger partial charge in [-0.1, -0.05) is 246 Å². The van der Waals surface area contributed by atoms with Crippen molar-refractivity contribution in [1.82, 2.24) is 18.9 Å². The molecular formula is C77H72B2N6O4. The Kier molecular flexibility index (Phi) is 17.9. The average Bonchev–Trinajstić information content (AvgIpc) is 1.53. The number of fused-ring (bicyclic) bond motifs is 3. The first-order valence-corrected chi connectivity index (χ1v) is 31.4. The highest BCUT2D eigenvalue weighted by atomic mass is 16.5. The topological polar surface area (TPSA) is 128 Å². The van der Waals surface area contributed by atoms with Crippen LogP contribution in [-0.4, -0.2) is 45.8 Å². The third-order valence-corrected chi connectivity index (χ3v) is 16.7. The van der Waals surface area contributed by atoms with Gasteiger partial charge in [-0.3, -0.25) is 0 Å². The van der Waals surface area contributed by atoms with Crippen molar-refractivity contribution in [2.24, 2.45) is 11.8 Å². The SMILES string of the molecule is CCCCCCCCC(C)COc1cccc(-c2c3/c(=C(\C#N)c4nc5cc(C)ccc5o4)n(B(c4ccccc4)c4ccccc4)c(-c4cccc(OCC(C)C)c4)c3/c(=C(\C#N)c3nc4cc(C)ccc4o3)n2B(c2ccccc2)c2ccccc2)c1.